The van der Waals surface area contributed by atoms with Crippen LogP contribution in [0.5, 0.6) is 0 Å². The molecule has 3 heterocycles. The molecule has 1 saturated heterocycles. The van der Waals surface area contributed by atoms with Crippen molar-refractivity contribution in [3.8, 4) is 0 Å². The normalized spacial score (nSPS) is 16.4. The third-order valence-corrected chi connectivity index (χ3v) is 6.96. The molecule has 5 rings (SSSR count). The van der Waals surface area contributed by atoms with Crippen molar-refractivity contribution in [3.63, 3.8) is 0 Å². The fourth-order valence-electron chi connectivity index (χ4n) is 5.03. The standard InChI is InChI=1S/C25H24F2N6O5/c1-3-30-11-16(25(35)36)24(34)15-9-17(26)23(21(27)22(15)30)32-7-6-31(13(2)10-32)12-20-28-18-5-4-14(33(37)38)8-19(18)29-20/h4-5,8-9,11,13H,3,6-7,10,12H2,1-2H3,(H,28,29)(H,35,36). The number of aromatic carboxylic acids is 1. The summed E-state index contributed by atoms with van der Waals surface area (Å²) in [6.45, 7) is 5.21. The lowest BCUT2D eigenvalue weighted by Crippen LogP contribution is -2.52. The Morgan fingerprint density at radius 1 is 1.29 bits per heavy atom. The number of halogens is 2. The number of non-ortho nitro benzene ring substituents is 1. The Balaban J connectivity index is 1.42. The van der Waals surface area contributed by atoms with Gasteiger partial charge >= 0.3 is 5.97 Å². The molecule has 11 nitrogen and oxygen atoms in total. The number of H-pyrrole nitrogens is 1. The Morgan fingerprint density at radius 3 is 2.71 bits per heavy atom. The molecular weight excluding hydrogens is 502 g/mol. The van der Waals surface area contributed by atoms with Crippen LogP contribution in [0.3, 0.4) is 0 Å². The number of fused-ring (bicyclic) bond motifs is 2. The van der Waals surface area contributed by atoms with Gasteiger partial charge in [0.2, 0.25) is 5.43 Å². The van der Waals surface area contributed by atoms with Gasteiger partial charge in [0.15, 0.2) is 5.82 Å². The number of aromatic amines is 1. The number of pyridine rings is 1. The van der Waals surface area contributed by atoms with E-state index in [0.29, 0.717) is 36.5 Å². The molecule has 4 aromatic rings. The number of nitrogens with one attached hydrogen (secondary N) is 1. The molecule has 0 bridgehead atoms. The van der Waals surface area contributed by atoms with Crippen LogP contribution in [-0.2, 0) is 13.1 Å². The molecule has 0 spiro atoms. The maximum atomic E-state index is 15.8. The average molecular weight is 527 g/mol. The fourth-order valence-corrected chi connectivity index (χ4v) is 5.03. The minimum Gasteiger partial charge on any atom is -0.477 e. The van der Waals surface area contributed by atoms with Crippen molar-refractivity contribution in [1.82, 2.24) is 19.4 Å². The van der Waals surface area contributed by atoms with Gasteiger partial charge in [-0.2, -0.15) is 0 Å². The molecule has 0 saturated carbocycles. The predicted octanol–water partition coefficient (Wildman–Crippen LogP) is 3.49. The number of benzene rings is 2. The van der Waals surface area contributed by atoms with Crippen LogP contribution in [0.4, 0.5) is 20.2 Å². The number of aromatic nitrogens is 3. The highest BCUT2D eigenvalue weighted by Gasteiger charge is 2.30. The minimum atomic E-state index is -1.46. The molecule has 2 aromatic carbocycles. The van der Waals surface area contributed by atoms with Gasteiger partial charge in [0.25, 0.3) is 5.69 Å². The van der Waals surface area contributed by atoms with Gasteiger partial charge in [-0.25, -0.2) is 18.6 Å². The molecule has 1 unspecified atom stereocenters. The number of nitro groups is 1. The van der Waals surface area contributed by atoms with E-state index in [9.17, 15) is 24.8 Å². The second-order valence-electron chi connectivity index (χ2n) is 9.29. The number of anilines is 1. The first-order valence-electron chi connectivity index (χ1n) is 12.0. The van der Waals surface area contributed by atoms with Crippen LogP contribution in [-0.4, -0.2) is 61.1 Å². The van der Waals surface area contributed by atoms with Crippen LogP contribution in [0, 0.1) is 21.7 Å². The van der Waals surface area contributed by atoms with Gasteiger partial charge in [-0.15, -0.1) is 0 Å². The molecule has 13 heteroatoms. The second-order valence-corrected chi connectivity index (χ2v) is 9.29. The lowest BCUT2D eigenvalue weighted by atomic mass is 10.1. The van der Waals surface area contributed by atoms with Crippen LogP contribution in [0.25, 0.3) is 21.9 Å². The Labute approximate surface area is 214 Å². The number of rotatable bonds is 6. The number of piperazine rings is 1. The molecule has 1 aliphatic heterocycles. The van der Waals surface area contributed by atoms with Gasteiger partial charge in [0.1, 0.15) is 22.9 Å². The summed E-state index contributed by atoms with van der Waals surface area (Å²) in [4.78, 5) is 45.9. The van der Waals surface area contributed by atoms with Crippen LogP contribution in [0.15, 0.2) is 35.3 Å². The smallest absolute Gasteiger partial charge is 0.341 e. The first kappa shape index (κ1) is 25.3. The van der Waals surface area contributed by atoms with E-state index < -0.39 is 33.5 Å². The van der Waals surface area contributed by atoms with Crippen molar-refractivity contribution in [3.05, 3.63) is 73.8 Å². The van der Waals surface area contributed by atoms with Gasteiger partial charge in [-0.3, -0.25) is 19.8 Å². The van der Waals surface area contributed by atoms with E-state index in [1.807, 2.05) is 6.92 Å². The number of imidazole rings is 1. The summed E-state index contributed by atoms with van der Waals surface area (Å²) in [5.74, 6) is -2.69. The van der Waals surface area contributed by atoms with Gasteiger partial charge in [-0.1, -0.05) is 0 Å². The SMILES string of the molecule is CCn1cc(C(=O)O)c(=O)c2cc(F)c(N3CCN(Cc4nc5ccc([N+](=O)[O-])cc5[nH]4)C(C)C3)c(F)c21. The Kier molecular flexibility index (Phi) is 6.31. The van der Waals surface area contributed by atoms with E-state index in [0.717, 1.165) is 12.3 Å². The number of nitro benzene ring substituents is 1. The first-order chi connectivity index (χ1) is 18.1. The molecule has 1 atom stereocenters. The third kappa shape index (κ3) is 4.24. The monoisotopic (exact) mass is 526 g/mol. The summed E-state index contributed by atoms with van der Waals surface area (Å²) in [5, 5.41) is 20.1. The van der Waals surface area contributed by atoms with Crippen LogP contribution in [0.1, 0.15) is 30.0 Å². The van der Waals surface area contributed by atoms with Crippen molar-refractivity contribution < 1.29 is 23.6 Å². The second kappa shape index (κ2) is 9.49. The van der Waals surface area contributed by atoms with Gasteiger partial charge in [0, 0.05) is 50.6 Å². The van der Waals surface area contributed by atoms with Crippen LogP contribution < -0.4 is 10.3 Å². The Hall–Kier alpha value is -4.39. The lowest BCUT2D eigenvalue weighted by molar-refractivity contribution is -0.384. The molecule has 2 N–H and O–H groups in total. The average Bonchev–Trinajstić information content (AvgIpc) is 3.27. The zero-order valence-corrected chi connectivity index (χ0v) is 20.6. The van der Waals surface area contributed by atoms with E-state index in [2.05, 4.69) is 14.9 Å². The highest BCUT2D eigenvalue weighted by atomic mass is 19.1. The van der Waals surface area contributed by atoms with Crippen molar-refractivity contribution in [1.29, 1.82) is 0 Å². The summed E-state index contributed by atoms with van der Waals surface area (Å²) in [6, 6.07) is 5.17. The number of carboxylic acids is 1. The number of hydrogen-bond acceptors (Lipinski definition) is 7. The summed E-state index contributed by atoms with van der Waals surface area (Å²) >= 11 is 0. The Morgan fingerprint density at radius 2 is 2.05 bits per heavy atom. The summed E-state index contributed by atoms with van der Waals surface area (Å²) in [7, 11) is 0. The highest BCUT2D eigenvalue weighted by Crippen LogP contribution is 2.32. The minimum absolute atomic E-state index is 0.0400. The molecule has 0 aliphatic carbocycles. The van der Waals surface area contributed by atoms with Crippen molar-refractivity contribution in [2.45, 2.75) is 33.0 Å². The zero-order chi connectivity index (χ0) is 27.3. The summed E-state index contributed by atoms with van der Waals surface area (Å²) in [6.07, 6.45) is 1.08. The van der Waals surface area contributed by atoms with E-state index in [-0.39, 0.29) is 41.4 Å². The van der Waals surface area contributed by atoms with Crippen molar-refractivity contribution in [2.24, 2.45) is 0 Å². The Bertz CT molecular complexity index is 1670. The quantitative estimate of drug-likeness (QED) is 0.288. The molecule has 38 heavy (non-hydrogen) atoms. The number of carbonyl (C=O) groups is 1. The molecule has 2 aromatic heterocycles. The van der Waals surface area contributed by atoms with E-state index >= 15 is 8.78 Å². The van der Waals surface area contributed by atoms with Gasteiger partial charge < -0.3 is 19.6 Å². The van der Waals surface area contributed by atoms with E-state index in [1.165, 1.54) is 16.7 Å². The molecule has 0 amide bonds. The zero-order valence-electron chi connectivity index (χ0n) is 20.6. The highest BCUT2D eigenvalue weighted by molar-refractivity contribution is 5.94. The number of hydrogen-bond donors (Lipinski definition) is 2. The largest absolute Gasteiger partial charge is 0.477 e. The van der Waals surface area contributed by atoms with Crippen molar-refractivity contribution in [2.75, 3.05) is 24.5 Å². The number of carboxylic acid groups (broad SMARTS) is 1. The van der Waals surface area contributed by atoms with Crippen LogP contribution in [0.2, 0.25) is 0 Å². The third-order valence-electron chi connectivity index (χ3n) is 6.96. The van der Waals surface area contributed by atoms with Crippen molar-refractivity contribution >= 4 is 39.3 Å². The molecule has 1 aliphatic rings. The summed E-state index contributed by atoms with van der Waals surface area (Å²) in [5.41, 5.74) is -0.764. The van der Waals surface area contributed by atoms with E-state index in [4.69, 9.17) is 0 Å². The molecule has 0 radical (unpaired) electrons. The van der Waals surface area contributed by atoms with Crippen LogP contribution >= 0.6 is 0 Å². The topological polar surface area (TPSA) is 138 Å². The van der Waals surface area contributed by atoms with E-state index in [1.54, 1.807) is 17.9 Å². The number of nitrogens with zero attached hydrogens (tertiary/aromatic N) is 5. The van der Waals surface area contributed by atoms with Gasteiger partial charge in [-0.05, 0) is 26.0 Å². The summed E-state index contributed by atoms with van der Waals surface area (Å²) < 4.78 is 32.3. The maximum absolute atomic E-state index is 15.8. The molecular formula is C25H24F2N6O5. The fraction of sp³-hybridized carbons (Fsp3) is 0.320. The number of aryl methyl sites for hydroxylation is 1. The molecule has 1 fully saturated rings. The molecule has 198 valence electrons. The maximum Gasteiger partial charge on any atom is 0.341 e. The first-order valence-corrected chi connectivity index (χ1v) is 12.0. The lowest BCUT2D eigenvalue weighted by Gasteiger charge is -2.40. The predicted molar refractivity (Wildman–Crippen MR) is 136 cm³/mol. The van der Waals surface area contributed by atoms with Gasteiger partial charge in [0.05, 0.1) is 33.4 Å².